The van der Waals surface area contributed by atoms with Gasteiger partial charge in [-0.2, -0.15) is 0 Å². The zero-order valence-electron chi connectivity index (χ0n) is 18.2. The molecule has 0 fully saturated rings. The van der Waals surface area contributed by atoms with Crippen molar-refractivity contribution in [2.24, 2.45) is 0 Å². The summed E-state index contributed by atoms with van der Waals surface area (Å²) in [5.74, 6) is -0.458. The lowest BCUT2D eigenvalue weighted by atomic mass is 10.1. The van der Waals surface area contributed by atoms with Gasteiger partial charge in [-0.15, -0.1) is 0 Å². The van der Waals surface area contributed by atoms with Crippen LogP contribution in [0.2, 0.25) is 5.02 Å². The molecule has 0 heterocycles. The van der Waals surface area contributed by atoms with E-state index in [9.17, 15) is 13.2 Å². The highest BCUT2D eigenvalue weighted by Gasteiger charge is 2.28. The summed E-state index contributed by atoms with van der Waals surface area (Å²) in [6.07, 6.45) is 0. The van der Waals surface area contributed by atoms with E-state index in [-0.39, 0.29) is 4.90 Å². The summed E-state index contributed by atoms with van der Waals surface area (Å²) in [6, 6.07) is 24.9. The number of benzene rings is 4. The second-order valence-corrected chi connectivity index (χ2v) is 10.2. The fraction of sp³-hybridized carbons (Fsp3) is 0.115. The Bertz CT molecular complexity index is 1430. The van der Waals surface area contributed by atoms with Gasteiger partial charge in [-0.1, -0.05) is 65.7 Å². The molecule has 0 aliphatic rings. The standard InChI is InChI=1S/C26H23ClN2O3S/c1-18-7-13-24(14-8-18)33(31,32)29(25-16-22(27)11-9-19(25)2)17-26(30)28-23-12-10-20-5-3-4-6-21(20)15-23/h3-16H,17H2,1-2H3,(H,28,30). The highest BCUT2D eigenvalue weighted by atomic mass is 35.5. The van der Waals surface area contributed by atoms with E-state index in [0.717, 1.165) is 20.6 Å². The number of nitrogens with one attached hydrogen (secondary N) is 1. The van der Waals surface area contributed by atoms with Gasteiger partial charge in [-0.3, -0.25) is 9.10 Å². The number of aryl methyl sites for hydroxylation is 2. The van der Waals surface area contributed by atoms with Crippen LogP contribution in [0.5, 0.6) is 0 Å². The van der Waals surface area contributed by atoms with Crippen molar-refractivity contribution in [3.63, 3.8) is 0 Å². The van der Waals surface area contributed by atoms with Gasteiger partial charge in [0.15, 0.2) is 0 Å². The zero-order chi connectivity index (χ0) is 23.6. The summed E-state index contributed by atoms with van der Waals surface area (Å²) in [7, 11) is -4.02. The lowest BCUT2D eigenvalue weighted by molar-refractivity contribution is -0.114. The number of carbonyl (C=O) groups is 1. The van der Waals surface area contributed by atoms with Gasteiger partial charge in [0.2, 0.25) is 5.91 Å². The Labute approximate surface area is 198 Å². The number of sulfonamides is 1. The predicted molar refractivity (Wildman–Crippen MR) is 134 cm³/mol. The van der Waals surface area contributed by atoms with Crippen LogP contribution in [0.1, 0.15) is 11.1 Å². The number of hydrogen-bond donors (Lipinski definition) is 1. The monoisotopic (exact) mass is 478 g/mol. The van der Waals surface area contributed by atoms with E-state index in [1.807, 2.05) is 43.3 Å². The fourth-order valence-electron chi connectivity index (χ4n) is 3.59. The number of halogens is 1. The smallest absolute Gasteiger partial charge is 0.264 e. The lowest BCUT2D eigenvalue weighted by Crippen LogP contribution is -2.38. The van der Waals surface area contributed by atoms with E-state index in [2.05, 4.69) is 5.32 Å². The van der Waals surface area contributed by atoms with Crippen molar-refractivity contribution in [3.05, 3.63) is 101 Å². The summed E-state index contributed by atoms with van der Waals surface area (Å²) in [5, 5.41) is 5.23. The molecule has 0 bridgehead atoms. The highest BCUT2D eigenvalue weighted by molar-refractivity contribution is 7.92. The molecule has 0 saturated carbocycles. The predicted octanol–water partition coefficient (Wildman–Crippen LogP) is 5.94. The van der Waals surface area contributed by atoms with Crippen molar-refractivity contribution >= 4 is 49.7 Å². The minimum atomic E-state index is -4.02. The lowest BCUT2D eigenvalue weighted by Gasteiger charge is -2.26. The number of carbonyl (C=O) groups excluding carboxylic acids is 1. The minimum absolute atomic E-state index is 0.103. The average molecular weight is 479 g/mol. The first-order valence-electron chi connectivity index (χ1n) is 10.4. The SMILES string of the molecule is Cc1ccc(S(=O)(=O)N(CC(=O)Nc2ccc3ccccc3c2)c2cc(Cl)ccc2C)cc1. The Morgan fingerprint density at radius 2 is 1.58 bits per heavy atom. The topological polar surface area (TPSA) is 66.5 Å². The molecule has 5 nitrogen and oxygen atoms in total. The van der Waals surface area contributed by atoms with Crippen LogP contribution in [-0.2, 0) is 14.8 Å². The quantitative estimate of drug-likeness (QED) is 0.372. The Kier molecular flexibility index (Phi) is 6.40. The highest BCUT2D eigenvalue weighted by Crippen LogP contribution is 2.30. The van der Waals surface area contributed by atoms with Crippen LogP contribution in [0, 0.1) is 13.8 Å². The van der Waals surface area contributed by atoms with E-state index in [4.69, 9.17) is 11.6 Å². The number of nitrogens with zero attached hydrogens (tertiary/aromatic N) is 1. The second-order valence-electron chi connectivity index (χ2n) is 7.87. The molecule has 0 atom stereocenters. The van der Waals surface area contributed by atoms with E-state index >= 15 is 0 Å². The number of anilines is 2. The fourth-order valence-corrected chi connectivity index (χ4v) is 5.23. The number of amides is 1. The summed E-state index contributed by atoms with van der Waals surface area (Å²) < 4.78 is 28.3. The minimum Gasteiger partial charge on any atom is -0.324 e. The number of hydrogen-bond acceptors (Lipinski definition) is 3. The van der Waals surface area contributed by atoms with E-state index < -0.39 is 22.5 Å². The normalized spacial score (nSPS) is 11.4. The van der Waals surface area contributed by atoms with Crippen LogP contribution in [0.15, 0.2) is 89.8 Å². The van der Waals surface area contributed by atoms with Crippen molar-refractivity contribution in [1.29, 1.82) is 0 Å². The third-order valence-corrected chi connectivity index (χ3v) is 7.38. The first-order valence-corrected chi connectivity index (χ1v) is 12.2. The Morgan fingerprint density at radius 1 is 0.879 bits per heavy atom. The van der Waals surface area contributed by atoms with Crippen molar-refractivity contribution in [3.8, 4) is 0 Å². The van der Waals surface area contributed by atoms with Crippen molar-refractivity contribution in [1.82, 2.24) is 0 Å². The molecule has 168 valence electrons. The first kappa shape index (κ1) is 22.8. The number of rotatable bonds is 6. The van der Waals surface area contributed by atoms with Crippen molar-refractivity contribution in [2.75, 3.05) is 16.2 Å². The van der Waals surface area contributed by atoms with Gasteiger partial charge in [0.05, 0.1) is 10.6 Å². The molecule has 0 aliphatic carbocycles. The largest absolute Gasteiger partial charge is 0.324 e. The molecule has 4 rings (SSSR count). The maximum atomic E-state index is 13.6. The van der Waals surface area contributed by atoms with E-state index in [1.165, 1.54) is 0 Å². The van der Waals surface area contributed by atoms with Crippen molar-refractivity contribution in [2.45, 2.75) is 18.7 Å². The third-order valence-electron chi connectivity index (χ3n) is 5.37. The zero-order valence-corrected chi connectivity index (χ0v) is 19.8. The van der Waals surface area contributed by atoms with Gasteiger partial charge in [0.25, 0.3) is 10.0 Å². The van der Waals surface area contributed by atoms with Gasteiger partial charge in [0, 0.05) is 10.7 Å². The van der Waals surface area contributed by atoms with Crippen LogP contribution in [0.4, 0.5) is 11.4 Å². The van der Waals surface area contributed by atoms with Crippen LogP contribution in [0.25, 0.3) is 10.8 Å². The molecular formula is C26H23ClN2O3S. The molecule has 7 heteroatoms. The molecule has 4 aromatic carbocycles. The molecule has 0 aromatic heterocycles. The summed E-state index contributed by atoms with van der Waals surface area (Å²) >= 11 is 6.18. The third kappa shape index (κ3) is 5.02. The van der Waals surface area contributed by atoms with Crippen LogP contribution in [0.3, 0.4) is 0 Å². The Morgan fingerprint density at radius 3 is 2.30 bits per heavy atom. The van der Waals surface area contributed by atoms with Gasteiger partial charge < -0.3 is 5.32 Å². The van der Waals surface area contributed by atoms with Gasteiger partial charge in [-0.25, -0.2) is 8.42 Å². The molecule has 4 aromatic rings. The van der Waals surface area contributed by atoms with E-state index in [0.29, 0.717) is 22.0 Å². The first-order chi connectivity index (χ1) is 15.7. The van der Waals surface area contributed by atoms with Crippen LogP contribution >= 0.6 is 11.6 Å². The van der Waals surface area contributed by atoms with Gasteiger partial charge in [0.1, 0.15) is 6.54 Å². The van der Waals surface area contributed by atoms with Crippen molar-refractivity contribution < 1.29 is 13.2 Å². The Balaban J connectivity index is 1.68. The molecule has 0 saturated heterocycles. The summed E-state index contributed by atoms with van der Waals surface area (Å²) in [4.78, 5) is 13.1. The number of fused-ring (bicyclic) bond motifs is 1. The average Bonchev–Trinajstić information content (AvgIpc) is 2.79. The van der Waals surface area contributed by atoms with Crippen LogP contribution in [-0.4, -0.2) is 20.9 Å². The molecule has 33 heavy (non-hydrogen) atoms. The van der Waals surface area contributed by atoms with Gasteiger partial charge in [-0.05, 0) is 66.6 Å². The molecule has 0 unspecified atom stereocenters. The van der Waals surface area contributed by atoms with Gasteiger partial charge >= 0.3 is 0 Å². The molecule has 0 radical (unpaired) electrons. The molecule has 0 aliphatic heterocycles. The summed E-state index contributed by atoms with van der Waals surface area (Å²) in [6.45, 7) is 3.26. The van der Waals surface area contributed by atoms with Crippen LogP contribution < -0.4 is 9.62 Å². The maximum Gasteiger partial charge on any atom is 0.264 e. The van der Waals surface area contributed by atoms with E-state index in [1.54, 1.807) is 55.5 Å². The molecule has 1 amide bonds. The second kappa shape index (κ2) is 9.25. The maximum absolute atomic E-state index is 13.6. The summed E-state index contributed by atoms with van der Waals surface area (Å²) in [5.41, 5.74) is 2.58. The molecule has 0 spiro atoms. The molecule has 1 N–H and O–H groups in total. The Hall–Kier alpha value is -3.35. The molecular weight excluding hydrogens is 456 g/mol.